The number of nitrogens with zero attached hydrogens (tertiary/aromatic N) is 4. The minimum Gasteiger partial charge on any atom is -0.497 e. The molecule has 7 nitrogen and oxygen atoms in total. The molecule has 1 aliphatic heterocycles. The average molecular weight is 397 g/mol. The van der Waals surface area contributed by atoms with Gasteiger partial charge in [0, 0.05) is 52.5 Å². The van der Waals surface area contributed by atoms with Gasteiger partial charge in [-0.15, -0.1) is 0 Å². The standard InChI is InChI=1S/C22H32N6O/c1-23-22(25-11-8-18-4-6-20(29-3)7-5-18)26-17-19-9-10-24-21(16-19)28-14-12-27(2)13-15-28/h4-7,9-10,16H,8,11-15,17H2,1-3H3,(H2,23,25,26). The molecule has 3 rings (SSSR count). The maximum Gasteiger partial charge on any atom is 0.191 e. The molecule has 0 amide bonds. The van der Waals surface area contributed by atoms with Crippen molar-refractivity contribution in [1.82, 2.24) is 20.5 Å². The lowest BCUT2D eigenvalue weighted by Crippen LogP contribution is -2.44. The van der Waals surface area contributed by atoms with E-state index in [9.17, 15) is 0 Å². The zero-order valence-electron chi connectivity index (χ0n) is 17.7. The zero-order chi connectivity index (χ0) is 20.5. The lowest BCUT2D eigenvalue weighted by atomic mass is 10.1. The minimum atomic E-state index is 0.714. The second kappa shape index (κ2) is 10.7. The fourth-order valence-electron chi connectivity index (χ4n) is 3.30. The number of aliphatic imine (C=N–C) groups is 1. The molecule has 1 saturated heterocycles. The summed E-state index contributed by atoms with van der Waals surface area (Å²) in [6.45, 7) is 5.73. The van der Waals surface area contributed by atoms with E-state index in [4.69, 9.17) is 4.74 Å². The smallest absolute Gasteiger partial charge is 0.191 e. The SMILES string of the molecule is CN=C(NCCc1ccc(OC)cc1)NCc1ccnc(N2CCN(C)CC2)c1. The Morgan fingerprint density at radius 3 is 2.52 bits per heavy atom. The number of anilines is 1. The molecule has 1 fully saturated rings. The third kappa shape index (κ3) is 6.35. The van der Waals surface area contributed by atoms with Crippen LogP contribution in [0.3, 0.4) is 0 Å². The minimum absolute atomic E-state index is 0.714. The van der Waals surface area contributed by atoms with Gasteiger partial charge in [-0.2, -0.15) is 0 Å². The van der Waals surface area contributed by atoms with Crippen LogP contribution < -0.4 is 20.3 Å². The maximum absolute atomic E-state index is 5.20. The van der Waals surface area contributed by atoms with Crippen LogP contribution in [0.25, 0.3) is 0 Å². The highest BCUT2D eigenvalue weighted by Crippen LogP contribution is 2.15. The predicted octanol–water partition coefficient (Wildman–Crippen LogP) is 1.75. The Labute approximate surface area is 173 Å². The number of aromatic nitrogens is 1. The summed E-state index contributed by atoms with van der Waals surface area (Å²) in [5.74, 6) is 2.74. The van der Waals surface area contributed by atoms with E-state index in [1.807, 2.05) is 18.3 Å². The monoisotopic (exact) mass is 396 g/mol. The summed E-state index contributed by atoms with van der Waals surface area (Å²) in [6.07, 6.45) is 2.82. The molecule has 0 aliphatic carbocycles. The van der Waals surface area contributed by atoms with E-state index in [1.54, 1.807) is 14.2 Å². The highest BCUT2D eigenvalue weighted by molar-refractivity contribution is 5.79. The van der Waals surface area contributed by atoms with Gasteiger partial charge in [-0.25, -0.2) is 4.98 Å². The third-order valence-corrected chi connectivity index (χ3v) is 5.19. The van der Waals surface area contributed by atoms with Crippen LogP contribution in [0.1, 0.15) is 11.1 Å². The lowest BCUT2D eigenvalue weighted by Gasteiger charge is -2.33. The number of benzene rings is 1. The number of piperazine rings is 1. The van der Waals surface area contributed by atoms with Crippen molar-refractivity contribution < 1.29 is 4.74 Å². The quantitative estimate of drug-likeness (QED) is 0.549. The van der Waals surface area contributed by atoms with E-state index in [-0.39, 0.29) is 0 Å². The Hall–Kier alpha value is -2.80. The summed E-state index contributed by atoms with van der Waals surface area (Å²) < 4.78 is 5.20. The molecule has 2 heterocycles. The van der Waals surface area contributed by atoms with Gasteiger partial charge < -0.3 is 25.2 Å². The van der Waals surface area contributed by atoms with Crippen molar-refractivity contribution in [2.45, 2.75) is 13.0 Å². The zero-order valence-corrected chi connectivity index (χ0v) is 17.7. The van der Waals surface area contributed by atoms with Gasteiger partial charge in [0.05, 0.1) is 7.11 Å². The third-order valence-electron chi connectivity index (χ3n) is 5.19. The Bertz CT molecular complexity index is 784. The molecular formula is C22H32N6O. The molecule has 7 heteroatoms. The van der Waals surface area contributed by atoms with Crippen molar-refractivity contribution in [2.24, 2.45) is 4.99 Å². The van der Waals surface area contributed by atoms with Crippen LogP contribution in [-0.2, 0) is 13.0 Å². The van der Waals surface area contributed by atoms with Crippen molar-refractivity contribution in [3.8, 4) is 5.75 Å². The van der Waals surface area contributed by atoms with Gasteiger partial charge in [0.15, 0.2) is 5.96 Å². The number of nitrogens with one attached hydrogen (secondary N) is 2. The van der Waals surface area contributed by atoms with Crippen LogP contribution in [0.4, 0.5) is 5.82 Å². The molecule has 0 atom stereocenters. The second-order valence-electron chi connectivity index (χ2n) is 7.26. The van der Waals surface area contributed by atoms with Crippen LogP contribution in [0.5, 0.6) is 5.75 Å². The van der Waals surface area contributed by atoms with E-state index in [0.717, 1.165) is 56.7 Å². The highest BCUT2D eigenvalue weighted by Gasteiger charge is 2.15. The second-order valence-corrected chi connectivity index (χ2v) is 7.26. The Morgan fingerprint density at radius 1 is 1.07 bits per heavy atom. The molecule has 0 saturated carbocycles. The van der Waals surface area contributed by atoms with Crippen molar-refractivity contribution in [2.75, 3.05) is 58.8 Å². The van der Waals surface area contributed by atoms with Crippen LogP contribution in [0, 0.1) is 0 Å². The van der Waals surface area contributed by atoms with Crippen LogP contribution in [-0.4, -0.2) is 69.8 Å². The Balaban J connectivity index is 1.45. The highest BCUT2D eigenvalue weighted by atomic mass is 16.5. The molecular weight excluding hydrogens is 364 g/mol. The fraction of sp³-hybridized carbons (Fsp3) is 0.455. The van der Waals surface area contributed by atoms with Gasteiger partial charge in [-0.1, -0.05) is 12.1 Å². The molecule has 0 radical (unpaired) electrons. The van der Waals surface area contributed by atoms with E-state index < -0.39 is 0 Å². The predicted molar refractivity (Wildman–Crippen MR) is 119 cm³/mol. The number of pyridine rings is 1. The van der Waals surface area contributed by atoms with E-state index in [0.29, 0.717) is 6.54 Å². The van der Waals surface area contributed by atoms with Crippen molar-refractivity contribution in [1.29, 1.82) is 0 Å². The number of hydrogen-bond donors (Lipinski definition) is 2. The Morgan fingerprint density at radius 2 is 1.83 bits per heavy atom. The number of likely N-dealkylation sites (N-methyl/N-ethyl adjacent to an activating group) is 1. The number of hydrogen-bond acceptors (Lipinski definition) is 5. The molecule has 156 valence electrons. The summed E-state index contributed by atoms with van der Waals surface area (Å²) in [7, 11) is 5.65. The fourth-order valence-corrected chi connectivity index (χ4v) is 3.30. The van der Waals surface area contributed by atoms with Gasteiger partial charge in [0.1, 0.15) is 11.6 Å². The maximum atomic E-state index is 5.20. The summed E-state index contributed by atoms with van der Waals surface area (Å²) in [5, 5.41) is 6.77. The van der Waals surface area contributed by atoms with Gasteiger partial charge >= 0.3 is 0 Å². The number of rotatable bonds is 7. The molecule has 0 spiro atoms. The molecule has 0 unspecified atom stereocenters. The van der Waals surface area contributed by atoms with Crippen LogP contribution in [0.2, 0.25) is 0 Å². The van der Waals surface area contributed by atoms with E-state index in [1.165, 1.54) is 11.1 Å². The Kier molecular flexibility index (Phi) is 7.69. The molecule has 1 aliphatic rings. The number of guanidine groups is 1. The van der Waals surface area contributed by atoms with E-state index in [2.05, 4.69) is 61.7 Å². The van der Waals surface area contributed by atoms with Crippen molar-refractivity contribution >= 4 is 11.8 Å². The van der Waals surface area contributed by atoms with Gasteiger partial charge in [-0.05, 0) is 48.9 Å². The first kappa shape index (κ1) is 20.9. The molecule has 29 heavy (non-hydrogen) atoms. The molecule has 1 aromatic carbocycles. The summed E-state index contributed by atoms with van der Waals surface area (Å²) in [5.41, 5.74) is 2.46. The average Bonchev–Trinajstić information content (AvgIpc) is 2.77. The number of ether oxygens (including phenoxy) is 1. The van der Waals surface area contributed by atoms with Crippen molar-refractivity contribution in [3.63, 3.8) is 0 Å². The lowest BCUT2D eigenvalue weighted by molar-refractivity contribution is 0.312. The molecule has 0 bridgehead atoms. The first-order chi connectivity index (χ1) is 14.2. The van der Waals surface area contributed by atoms with Crippen LogP contribution in [0.15, 0.2) is 47.6 Å². The largest absolute Gasteiger partial charge is 0.497 e. The van der Waals surface area contributed by atoms with Crippen LogP contribution >= 0.6 is 0 Å². The summed E-state index contributed by atoms with van der Waals surface area (Å²) in [4.78, 5) is 13.6. The molecule has 2 N–H and O–H groups in total. The first-order valence-corrected chi connectivity index (χ1v) is 10.1. The van der Waals surface area contributed by atoms with E-state index >= 15 is 0 Å². The summed E-state index contributed by atoms with van der Waals surface area (Å²) >= 11 is 0. The normalized spacial score (nSPS) is 15.3. The van der Waals surface area contributed by atoms with Crippen molar-refractivity contribution in [3.05, 3.63) is 53.7 Å². The molecule has 2 aromatic rings. The first-order valence-electron chi connectivity index (χ1n) is 10.1. The van der Waals surface area contributed by atoms with Gasteiger partial charge in [-0.3, -0.25) is 4.99 Å². The topological polar surface area (TPSA) is 65.0 Å². The van der Waals surface area contributed by atoms with Gasteiger partial charge in [0.25, 0.3) is 0 Å². The summed E-state index contributed by atoms with van der Waals surface area (Å²) in [6, 6.07) is 12.4. The van der Waals surface area contributed by atoms with Gasteiger partial charge in [0.2, 0.25) is 0 Å². The number of methoxy groups -OCH3 is 1. The molecule has 1 aromatic heterocycles.